The molecule has 1 heterocycles. The van der Waals surface area contributed by atoms with Crippen molar-refractivity contribution in [3.05, 3.63) is 0 Å². The van der Waals surface area contributed by atoms with Crippen molar-refractivity contribution in [3.8, 4) is 0 Å². The summed E-state index contributed by atoms with van der Waals surface area (Å²) in [6, 6.07) is 0. The third kappa shape index (κ3) is 4.00. The summed E-state index contributed by atoms with van der Waals surface area (Å²) in [6.07, 6.45) is 0.761. The van der Waals surface area contributed by atoms with Crippen LogP contribution in [0.25, 0.3) is 0 Å². The number of halogens is 2. The predicted octanol–water partition coefficient (Wildman–Crippen LogP) is 0.123. The van der Waals surface area contributed by atoms with Gasteiger partial charge in [-0.2, -0.15) is 0 Å². The number of hydrogen-bond acceptors (Lipinski definition) is 3. The molecule has 90 valence electrons. The molecular weight excluding hydrogens is 226 g/mol. The van der Waals surface area contributed by atoms with Crippen molar-refractivity contribution < 1.29 is 17.2 Å². The maximum absolute atomic E-state index is 13.4. The average molecular weight is 242 g/mol. The Kier molecular flexibility index (Phi) is 3.67. The fraction of sp³-hybridized carbons (Fsp3) is 1.00. The second-order valence-corrected chi connectivity index (χ2v) is 5.92. The summed E-state index contributed by atoms with van der Waals surface area (Å²) in [4.78, 5) is 1.78. The van der Waals surface area contributed by atoms with Crippen molar-refractivity contribution in [3.63, 3.8) is 0 Å². The van der Waals surface area contributed by atoms with Crippen LogP contribution in [-0.4, -0.2) is 52.2 Å². The highest BCUT2D eigenvalue weighted by Crippen LogP contribution is 2.32. The lowest BCUT2D eigenvalue weighted by Crippen LogP contribution is -2.50. The molecule has 0 radical (unpaired) electrons. The molecule has 0 bridgehead atoms. The van der Waals surface area contributed by atoms with Crippen molar-refractivity contribution in [2.45, 2.75) is 12.3 Å². The Bertz CT molecular complexity index is 319. The number of rotatable bonds is 3. The van der Waals surface area contributed by atoms with Crippen LogP contribution < -0.4 is 4.72 Å². The van der Waals surface area contributed by atoms with Crippen LogP contribution in [0, 0.1) is 5.92 Å². The Labute approximate surface area is 88.7 Å². The first kappa shape index (κ1) is 12.8. The van der Waals surface area contributed by atoms with Crippen molar-refractivity contribution >= 4 is 10.0 Å². The van der Waals surface area contributed by atoms with Crippen LogP contribution in [-0.2, 0) is 10.0 Å². The monoisotopic (exact) mass is 242 g/mol. The first-order valence-electron chi connectivity index (χ1n) is 4.72. The molecule has 4 nitrogen and oxygen atoms in total. The maximum atomic E-state index is 13.4. The van der Waals surface area contributed by atoms with E-state index in [1.54, 1.807) is 11.9 Å². The van der Waals surface area contributed by atoms with E-state index in [9.17, 15) is 17.2 Å². The molecule has 0 aromatic heterocycles. The molecule has 1 aliphatic rings. The second kappa shape index (κ2) is 4.31. The van der Waals surface area contributed by atoms with Gasteiger partial charge in [0.15, 0.2) is 0 Å². The van der Waals surface area contributed by atoms with E-state index in [-0.39, 0.29) is 19.5 Å². The van der Waals surface area contributed by atoms with Crippen LogP contribution in [0.1, 0.15) is 6.42 Å². The van der Waals surface area contributed by atoms with Crippen molar-refractivity contribution in [2.75, 3.05) is 32.9 Å². The number of hydrogen-bond donors (Lipinski definition) is 1. The van der Waals surface area contributed by atoms with Crippen LogP contribution in [0.2, 0.25) is 0 Å². The predicted molar refractivity (Wildman–Crippen MR) is 53.4 cm³/mol. The van der Waals surface area contributed by atoms with Crippen LogP contribution >= 0.6 is 0 Å². The summed E-state index contributed by atoms with van der Waals surface area (Å²) >= 11 is 0. The summed E-state index contributed by atoms with van der Waals surface area (Å²) in [5, 5.41) is 0. The Morgan fingerprint density at radius 3 is 2.67 bits per heavy atom. The standard InChI is InChI=1S/C8H16F2N2O2S/c1-12-4-3-8(9,10)7(6-12)5-11-15(2,13)14/h7,11H,3-6H2,1-2H3. The molecule has 1 aliphatic heterocycles. The zero-order chi connectivity index (χ0) is 11.7. The summed E-state index contributed by atoms with van der Waals surface area (Å²) in [5.41, 5.74) is 0. The van der Waals surface area contributed by atoms with Crippen LogP contribution in [0.5, 0.6) is 0 Å². The zero-order valence-electron chi connectivity index (χ0n) is 8.83. The first-order chi connectivity index (χ1) is 6.71. The van der Waals surface area contributed by atoms with Gasteiger partial charge in [0.1, 0.15) is 0 Å². The molecule has 1 fully saturated rings. The SMILES string of the molecule is CN1CCC(F)(F)C(CNS(C)(=O)=O)C1. The van der Waals surface area contributed by atoms with Gasteiger partial charge >= 0.3 is 0 Å². The molecule has 15 heavy (non-hydrogen) atoms. The highest BCUT2D eigenvalue weighted by atomic mass is 32.2. The van der Waals surface area contributed by atoms with Crippen LogP contribution in [0.4, 0.5) is 8.78 Å². The first-order valence-corrected chi connectivity index (χ1v) is 6.61. The molecule has 0 aromatic carbocycles. The van der Waals surface area contributed by atoms with E-state index in [2.05, 4.69) is 4.72 Å². The Morgan fingerprint density at radius 2 is 2.13 bits per heavy atom. The number of nitrogens with zero attached hydrogens (tertiary/aromatic N) is 1. The molecule has 0 saturated carbocycles. The van der Waals surface area contributed by atoms with Gasteiger partial charge in [-0.1, -0.05) is 0 Å². The number of sulfonamides is 1. The Morgan fingerprint density at radius 1 is 1.53 bits per heavy atom. The van der Waals surface area contributed by atoms with E-state index in [1.807, 2.05) is 0 Å². The molecule has 1 rings (SSSR count). The quantitative estimate of drug-likeness (QED) is 0.765. The molecule has 7 heteroatoms. The fourth-order valence-electron chi connectivity index (χ4n) is 1.61. The van der Waals surface area contributed by atoms with E-state index in [0.29, 0.717) is 6.54 Å². The van der Waals surface area contributed by atoms with Gasteiger partial charge in [0.25, 0.3) is 5.92 Å². The molecule has 1 unspecified atom stereocenters. The maximum Gasteiger partial charge on any atom is 0.254 e. The van der Waals surface area contributed by atoms with E-state index in [4.69, 9.17) is 0 Å². The van der Waals surface area contributed by atoms with E-state index < -0.39 is 21.9 Å². The lowest BCUT2D eigenvalue weighted by molar-refractivity contribution is -0.0987. The third-order valence-corrected chi connectivity index (χ3v) is 3.24. The molecule has 1 atom stereocenters. The molecule has 0 aromatic rings. The molecule has 0 amide bonds. The van der Waals surface area contributed by atoms with Gasteiger partial charge in [-0.25, -0.2) is 21.9 Å². The van der Waals surface area contributed by atoms with E-state index >= 15 is 0 Å². The van der Waals surface area contributed by atoms with Crippen LogP contribution in [0.15, 0.2) is 0 Å². The van der Waals surface area contributed by atoms with Gasteiger partial charge in [0.2, 0.25) is 10.0 Å². The van der Waals surface area contributed by atoms with Gasteiger partial charge in [-0.05, 0) is 7.05 Å². The van der Waals surface area contributed by atoms with E-state index in [0.717, 1.165) is 6.26 Å². The minimum absolute atomic E-state index is 0.198. The number of piperidine rings is 1. The highest BCUT2D eigenvalue weighted by Gasteiger charge is 2.43. The fourth-order valence-corrected chi connectivity index (χ4v) is 2.11. The molecule has 1 N–H and O–H groups in total. The summed E-state index contributed by atoms with van der Waals surface area (Å²) < 4.78 is 50.4. The summed E-state index contributed by atoms with van der Waals surface area (Å²) in [7, 11) is -1.64. The molecular formula is C8H16F2N2O2S. The number of likely N-dealkylation sites (tertiary alicyclic amines) is 1. The van der Waals surface area contributed by atoms with Crippen molar-refractivity contribution in [1.29, 1.82) is 0 Å². The lowest BCUT2D eigenvalue weighted by atomic mass is 9.94. The van der Waals surface area contributed by atoms with Gasteiger partial charge in [0.05, 0.1) is 6.26 Å². The van der Waals surface area contributed by atoms with Gasteiger partial charge < -0.3 is 4.90 Å². The second-order valence-electron chi connectivity index (χ2n) is 4.09. The third-order valence-electron chi connectivity index (χ3n) is 2.55. The summed E-state index contributed by atoms with van der Waals surface area (Å²) in [6.45, 7) is 0.369. The van der Waals surface area contributed by atoms with Gasteiger partial charge in [0, 0.05) is 32.0 Å². The smallest absolute Gasteiger partial charge is 0.254 e. The van der Waals surface area contributed by atoms with E-state index in [1.165, 1.54) is 0 Å². The molecule has 1 saturated heterocycles. The minimum atomic E-state index is -3.39. The average Bonchev–Trinajstić information content (AvgIpc) is 2.05. The largest absolute Gasteiger partial charge is 0.306 e. The minimum Gasteiger partial charge on any atom is -0.306 e. The molecule has 0 spiro atoms. The summed E-state index contributed by atoms with van der Waals surface area (Å²) in [5.74, 6) is -3.71. The van der Waals surface area contributed by atoms with Gasteiger partial charge in [-0.15, -0.1) is 0 Å². The highest BCUT2D eigenvalue weighted by molar-refractivity contribution is 7.88. The Hall–Kier alpha value is -0.270. The van der Waals surface area contributed by atoms with Gasteiger partial charge in [-0.3, -0.25) is 0 Å². The normalized spacial score (nSPS) is 27.9. The Balaban J connectivity index is 2.58. The topological polar surface area (TPSA) is 49.4 Å². The molecule has 0 aliphatic carbocycles. The number of alkyl halides is 2. The lowest BCUT2D eigenvalue weighted by Gasteiger charge is -2.36. The van der Waals surface area contributed by atoms with Crippen molar-refractivity contribution in [1.82, 2.24) is 9.62 Å². The van der Waals surface area contributed by atoms with Crippen molar-refractivity contribution in [2.24, 2.45) is 5.92 Å². The zero-order valence-corrected chi connectivity index (χ0v) is 9.65. The van der Waals surface area contributed by atoms with Crippen LogP contribution in [0.3, 0.4) is 0 Å². The number of nitrogens with one attached hydrogen (secondary N) is 1.